The highest BCUT2D eigenvalue weighted by Crippen LogP contribution is 2.16. The lowest BCUT2D eigenvalue weighted by atomic mass is 10.3. The van der Waals surface area contributed by atoms with E-state index < -0.39 is 4.92 Å². The Kier molecular flexibility index (Phi) is 3.93. The summed E-state index contributed by atoms with van der Waals surface area (Å²) in [5, 5.41) is 18.3. The maximum absolute atomic E-state index is 10.5. The van der Waals surface area contributed by atoms with Crippen molar-refractivity contribution in [1.29, 1.82) is 0 Å². The summed E-state index contributed by atoms with van der Waals surface area (Å²) in [5.41, 5.74) is 0.844. The standard InChI is InChI=1S/C10H11ClN4O3/c11-5-1-2-8-6-14(13-12-8)7-9-3-4-10(18-9)15(16)17/h3-4,6H,1-2,5,7H2. The van der Waals surface area contributed by atoms with Gasteiger partial charge in [0.1, 0.15) is 17.2 Å². The monoisotopic (exact) mass is 270 g/mol. The summed E-state index contributed by atoms with van der Waals surface area (Å²) < 4.78 is 6.61. The minimum absolute atomic E-state index is 0.271. The first-order valence-electron chi connectivity index (χ1n) is 5.37. The Morgan fingerprint density at radius 3 is 3.00 bits per heavy atom. The first-order chi connectivity index (χ1) is 8.69. The van der Waals surface area contributed by atoms with Crippen LogP contribution < -0.4 is 0 Å². The van der Waals surface area contributed by atoms with E-state index in [4.69, 9.17) is 16.0 Å². The molecule has 0 radical (unpaired) electrons. The summed E-state index contributed by atoms with van der Waals surface area (Å²) in [6.45, 7) is 0.321. The van der Waals surface area contributed by atoms with Gasteiger partial charge in [-0.05, 0) is 18.9 Å². The van der Waals surface area contributed by atoms with E-state index >= 15 is 0 Å². The summed E-state index contributed by atoms with van der Waals surface area (Å²) in [5.74, 6) is 0.778. The summed E-state index contributed by atoms with van der Waals surface area (Å²) in [6, 6.07) is 2.87. The second-order valence-electron chi connectivity index (χ2n) is 3.70. The van der Waals surface area contributed by atoms with Crippen molar-refractivity contribution in [3.8, 4) is 0 Å². The van der Waals surface area contributed by atoms with Crippen LogP contribution in [0, 0.1) is 10.1 Å². The third kappa shape index (κ3) is 3.07. The van der Waals surface area contributed by atoms with Crippen LogP contribution in [0.3, 0.4) is 0 Å². The van der Waals surface area contributed by atoms with Crippen LogP contribution in [0.15, 0.2) is 22.7 Å². The zero-order valence-corrected chi connectivity index (χ0v) is 10.2. The van der Waals surface area contributed by atoms with Crippen molar-refractivity contribution in [3.63, 3.8) is 0 Å². The average Bonchev–Trinajstić information content (AvgIpc) is 2.96. The predicted molar refractivity (Wildman–Crippen MR) is 63.5 cm³/mol. The molecule has 0 amide bonds. The van der Waals surface area contributed by atoms with Gasteiger partial charge in [0.15, 0.2) is 0 Å². The lowest BCUT2D eigenvalue weighted by molar-refractivity contribution is -0.402. The number of hydrogen-bond donors (Lipinski definition) is 0. The van der Waals surface area contributed by atoms with Crippen LogP contribution in [0.25, 0.3) is 0 Å². The third-order valence-corrected chi connectivity index (χ3v) is 2.57. The number of aromatic nitrogens is 3. The molecule has 0 saturated carbocycles. The van der Waals surface area contributed by atoms with Gasteiger partial charge in [-0.15, -0.1) is 16.7 Å². The Morgan fingerprint density at radius 2 is 2.33 bits per heavy atom. The predicted octanol–water partition coefficient (Wildman–Crippen LogP) is 2.00. The molecule has 18 heavy (non-hydrogen) atoms. The van der Waals surface area contributed by atoms with Crippen molar-refractivity contribution < 1.29 is 9.34 Å². The van der Waals surface area contributed by atoms with E-state index in [-0.39, 0.29) is 5.88 Å². The molecule has 0 N–H and O–H groups in total. The van der Waals surface area contributed by atoms with E-state index in [0.717, 1.165) is 18.5 Å². The van der Waals surface area contributed by atoms with Gasteiger partial charge in [0.2, 0.25) is 0 Å². The average molecular weight is 271 g/mol. The van der Waals surface area contributed by atoms with E-state index in [1.54, 1.807) is 16.9 Å². The molecule has 2 rings (SSSR count). The first-order valence-corrected chi connectivity index (χ1v) is 5.90. The van der Waals surface area contributed by atoms with Crippen molar-refractivity contribution in [3.05, 3.63) is 39.9 Å². The lowest BCUT2D eigenvalue weighted by Gasteiger charge is -1.94. The van der Waals surface area contributed by atoms with Gasteiger partial charge in [0.25, 0.3) is 0 Å². The normalized spacial score (nSPS) is 10.7. The van der Waals surface area contributed by atoms with Crippen LogP contribution in [0.4, 0.5) is 5.88 Å². The molecular formula is C10H11ClN4O3. The first kappa shape index (κ1) is 12.6. The fraction of sp³-hybridized carbons (Fsp3) is 0.400. The molecule has 0 atom stereocenters. The van der Waals surface area contributed by atoms with E-state index in [9.17, 15) is 10.1 Å². The van der Waals surface area contributed by atoms with Gasteiger partial charge in [0.05, 0.1) is 11.8 Å². The molecule has 2 aromatic rings. The largest absolute Gasteiger partial charge is 0.433 e. The number of rotatable bonds is 6. The number of aryl methyl sites for hydroxylation is 1. The smallest absolute Gasteiger partial charge is 0.404 e. The zero-order valence-electron chi connectivity index (χ0n) is 9.45. The molecule has 0 aliphatic heterocycles. The van der Waals surface area contributed by atoms with Gasteiger partial charge in [0, 0.05) is 12.1 Å². The van der Waals surface area contributed by atoms with Crippen molar-refractivity contribution in [2.45, 2.75) is 19.4 Å². The lowest BCUT2D eigenvalue weighted by Crippen LogP contribution is -1.99. The fourth-order valence-electron chi connectivity index (χ4n) is 1.49. The van der Waals surface area contributed by atoms with Crippen molar-refractivity contribution in [2.75, 3.05) is 5.88 Å². The van der Waals surface area contributed by atoms with Gasteiger partial charge in [-0.2, -0.15) is 0 Å². The molecule has 0 bridgehead atoms. The summed E-state index contributed by atoms with van der Waals surface area (Å²) in [6.07, 6.45) is 3.38. The minimum atomic E-state index is -0.573. The molecule has 0 saturated heterocycles. The van der Waals surface area contributed by atoms with Gasteiger partial charge in [-0.25, -0.2) is 4.68 Å². The van der Waals surface area contributed by atoms with Crippen LogP contribution in [0.2, 0.25) is 0 Å². The number of alkyl halides is 1. The number of hydrogen-bond acceptors (Lipinski definition) is 5. The van der Waals surface area contributed by atoms with Crippen molar-refractivity contribution >= 4 is 17.5 Å². The fourth-order valence-corrected chi connectivity index (χ4v) is 1.62. The molecule has 2 heterocycles. The molecule has 0 aliphatic rings. The molecule has 0 fully saturated rings. The van der Waals surface area contributed by atoms with E-state index in [2.05, 4.69) is 10.3 Å². The van der Waals surface area contributed by atoms with Crippen LogP contribution in [-0.2, 0) is 13.0 Å². The Morgan fingerprint density at radius 1 is 1.50 bits per heavy atom. The Labute approximate surface area is 107 Å². The highest BCUT2D eigenvalue weighted by atomic mass is 35.5. The van der Waals surface area contributed by atoms with Gasteiger partial charge >= 0.3 is 5.88 Å². The van der Waals surface area contributed by atoms with Crippen LogP contribution in [0.1, 0.15) is 17.9 Å². The molecule has 2 aromatic heterocycles. The summed E-state index contributed by atoms with van der Waals surface area (Å²) in [4.78, 5) is 9.88. The van der Waals surface area contributed by atoms with Crippen LogP contribution >= 0.6 is 11.6 Å². The number of nitrogens with zero attached hydrogens (tertiary/aromatic N) is 4. The van der Waals surface area contributed by atoms with Crippen LogP contribution in [-0.4, -0.2) is 25.8 Å². The molecule has 0 aliphatic carbocycles. The third-order valence-electron chi connectivity index (χ3n) is 2.30. The van der Waals surface area contributed by atoms with E-state index in [1.165, 1.54) is 6.07 Å². The topological polar surface area (TPSA) is 87.0 Å². The number of nitro groups is 1. The summed E-state index contributed by atoms with van der Waals surface area (Å²) in [7, 11) is 0. The van der Waals surface area contributed by atoms with Crippen LogP contribution in [0.5, 0.6) is 0 Å². The second kappa shape index (κ2) is 5.63. The Bertz CT molecular complexity index is 537. The van der Waals surface area contributed by atoms with E-state index in [1.807, 2.05) is 0 Å². The second-order valence-corrected chi connectivity index (χ2v) is 4.08. The van der Waals surface area contributed by atoms with Gasteiger partial charge in [-0.3, -0.25) is 10.1 Å². The van der Waals surface area contributed by atoms with Gasteiger partial charge < -0.3 is 4.42 Å². The van der Waals surface area contributed by atoms with Gasteiger partial charge in [-0.1, -0.05) is 5.21 Å². The molecular weight excluding hydrogens is 260 g/mol. The molecule has 0 spiro atoms. The molecule has 0 unspecified atom stereocenters. The van der Waals surface area contributed by atoms with E-state index in [0.29, 0.717) is 18.2 Å². The quantitative estimate of drug-likeness (QED) is 0.455. The van der Waals surface area contributed by atoms with Crippen molar-refractivity contribution in [2.24, 2.45) is 0 Å². The molecule has 0 aromatic carbocycles. The Hall–Kier alpha value is -1.89. The highest BCUT2D eigenvalue weighted by molar-refractivity contribution is 6.17. The zero-order chi connectivity index (χ0) is 13.0. The minimum Gasteiger partial charge on any atom is -0.404 e. The Balaban J connectivity index is 1.99. The molecule has 96 valence electrons. The maximum atomic E-state index is 10.5. The SMILES string of the molecule is O=[N+]([O-])c1ccc(Cn2cc(CCCCl)nn2)o1. The van der Waals surface area contributed by atoms with Crippen molar-refractivity contribution in [1.82, 2.24) is 15.0 Å². The highest BCUT2D eigenvalue weighted by Gasteiger charge is 2.12. The molecule has 8 heteroatoms. The number of halogens is 1. The summed E-state index contributed by atoms with van der Waals surface area (Å²) >= 11 is 5.59. The molecule has 7 nitrogen and oxygen atoms in total. The number of furan rings is 1. The maximum Gasteiger partial charge on any atom is 0.433 e.